The summed E-state index contributed by atoms with van der Waals surface area (Å²) in [5, 5.41) is 0. The minimum Gasteiger partial charge on any atom is -0.348 e. The first kappa shape index (κ1) is 18.3. The third-order valence-electron chi connectivity index (χ3n) is 4.67. The fourth-order valence-electron chi connectivity index (χ4n) is 3.38. The third-order valence-corrected chi connectivity index (χ3v) is 7.08. The van der Waals surface area contributed by atoms with Crippen molar-refractivity contribution in [3.8, 4) is 0 Å². The molecule has 0 saturated heterocycles. The first-order chi connectivity index (χ1) is 12.9. The van der Waals surface area contributed by atoms with Gasteiger partial charge >= 0.3 is 0 Å². The number of aromatic nitrogens is 1. The van der Waals surface area contributed by atoms with Crippen LogP contribution >= 0.6 is 15.9 Å². The van der Waals surface area contributed by atoms with Gasteiger partial charge in [-0.25, -0.2) is 17.2 Å². The number of hydrogen-bond donors (Lipinski definition) is 0. The van der Waals surface area contributed by atoms with Gasteiger partial charge in [0.15, 0.2) is 11.6 Å². The third kappa shape index (κ3) is 3.22. The van der Waals surface area contributed by atoms with E-state index in [4.69, 9.17) is 0 Å². The Morgan fingerprint density at radius 1 is 0.963 bits per heavy atom. The Hall–Kier alpha value is -2.03. The SMILES string of the molecule is O=S(=O)(c1ccc(Br)cc1)N1CCn2cccc2[C@@H]1c1ccc(F)c(F)c1. The van der Waals surface area contributed by atoms with Gasteiger partial charge in [0.1, 0.15) is 0 Å². The minimum atomic E-state index is -3.84. The molecule has 8 heteroatoms. The van der Waals surface area contributed by atoms with Crippen molar-refractivity contribution in [2.45, 2.75) is 17.5 Å². The molecule has 1 atom stereocenters. The molecule has 1 aromatic heterocycles. The molecular weight excluding hydrogens is 438 g/mol. The number of sulfonamides is 1. The molecule has 0 spiro atoms. The van der Waals surface area contributed by atoms with E-state index in [1.807, 2.05) is 16.8 Å². The molecule has 0 amide bonds. The predicted octanol–water partition coefficient (Wildman–Crippen LogP) is 4.32. The van der Waals surface area contributed by atoms with Crippen LogP contribution in [-0.4, -0.2) is 23.8 Å². The van der Waals surface area contributed by atoms with E-state index in [1.54, 1.807) is 18.2 Å². The van der Waals surface area contributed by atoms with Crippen LogP contribution in [0.3, 0.4) is 0 Å². The molecule has 140 valence electrons. The number of benzene rings is 2. The van der Waals surface area contributed by atoms with Crippen LogP contribution in [0, 0.1) is 11.6 Å². The van der Waals surface area contributed by atoms with Gasteiger partial charge in [-0.05, 0) is 54.1 Å². The van der Waals surface area contributed by atoms with Crippen molar-refractivity contribution in [2.24, 2.45) is 0 Å². The summed E-state index contributed by atoms with van der Waals surface area (Å²) >= 11 is 3.30. The standard InChI is InChI=1S/C19H15BrF2N2O2S/c20-14-4-6-15(7-5-14)27(25,26)24-11-10-23-9-1-2-18(23)19(24)13-3-8-16(21)17(22)12-13/h1-9,12,19H,10-11H2/t19-/m0/s1. The van der Waals surface area contributed by atoms with Crippen LogP contribution in [0.15, 0.2) is 70.2 Å². The zero-order valence-corrected chi connectivity index (χ0v) is 16.4. The summed E-state index contributed by atoms with van der Waals surface area (Å²) in [6.07, 6.45) is 1.85. The number of nitrogens with zero attached hydrogens (tertiary/aromatic N) is 2. The van der Waals surface area contributed by atoms with Crippen molar-refractivity contribution in [3.63, 3.8) is 0 Å². The van der Waals surface area contributed by atoms with Crippen LogP contribution in [0.4, 0.5) is 8.78 Å². The lowest BCUT2D eigenvalue weighted by molar-refractivity contribution is 0.297. The van der Waals surface area contributed by atoms with E-state index in [9.17, 15) is 17.2 Å². The normalized spacial score (nSPS) is 17.7. The maximum absolute atomic E-state index is 13.9. The highest BCUT2D eigenvalue weighted by molar-refractivity contribution is 9.10. The molecule has 0 bridgehead atoms. The molecular formula is C19H15BrF2N2O2S. The first-order valence-corrected chi connectivity index (χ1v) is 10.5. The Labute approximate surface area is 164 Å². The van der Waals surface area contributed by atoms with Crippen molar-refractivity contribution in [3.05, 3.63) is 88.2 Å². The van der Waals surface area contributed by atoms with Crippen molar-refractivity contribution in [2.75, 3.05) is 6.54 Å². The van der Waals surface area contributed by atoms with E-state index in [1.165, 1.54) is 22.5 Å². The molecule has 27 heavy (non-hydrogen) atoms. The van der Waals surface area contributed by atoms with Gasteiger partial charge in [-0.2, -0.15) is 4.31 Å². The Morgan fingerprint density at radius 3 is 2.41 bits per heavy atom. The minimum absolute atomic E-state index is 0.151. The summed E-state index contributed by atoms with van der Waals surface area (Å²) in [4.78, 5) is 0.151. The van der Waals surface area contributed by atoms with Gasteiger partial charge in [0.05, 0.1) is 10.9 Å². The largest absolute Gasteiger partial charge is 0.348 e. The molecule has 4 rings (SSSR count). The zero-order chi connectivity index (χ0) is 19.2. The summed E-state index contributed by atoms with van der Waals surface area (Å²) in [5.41, 5.74) is 1.10. The summed E-state index contributed by atoms with van der Waals surface area (Å²) in [6, 6.07) is 12.8. The lowest BCUT2D eigenvalue weighted by Gasteiger charge is -2.36. The molecule has 0 N–H and O–H groups in total. The molecule has 0 saturated carbocycles. The number of rotatable bonds is 3. The molecule has 2 heterocycles. The van der Waals surface area contributed by atoms with Gasteiger partial charge < -0.3 is 4.57 Å². The van der Waals surface area contributed by atoms with E-state index < -0.39 is 27.7 Å². The van der Waals surface area contributed by atoms with E-state index in [-0.39, 0.29) is 11.4 Å². The monoisotopic (exact) mass is 452 g/mol. The molecule has 0 unspecified atom stereocenters. The summed E-state index contributed by atoms with van der Waals surface area (Å²) in [7, 11) is -3.84. The Kier molecular flexibility index (Phi) is 4.65. The topological polar surface area (TPSA) is 42.3 Å². The number of hydrogen-bond acceptors (Lipinski definition) is 2. The smallest absolute Gasteiger partial charge is 0.244 e. The van der Waals surface area contributed by atoms with Crippen molar-refractivity contribution >= 4 is 26.0 Å². The van der Waals surface area contributed by atoms with Crippen LogP contribution in [-0.2, 0) is 16.6 Å². The zero-order valence-electron chi connectivity index (χ0n) is 14.0. The fraction of sp³-hybridized carbons (Fsp3) is 0.158. The molecule has 1 aliphatic rings. The molecule has 4 nitrogen and oxygen atoms in total. The van der Waals surface area contributed by atoms with Crippen molar-refractivity contribution < 1.29 is 17.2 Å². The van der Waals surface area contributed by atoms with E-state index >= 15 is 0 Å². The van der Waals surface area contributed by atoms with Crippen LogP contribution in [0.5, 0.6) is 0 Å². The average Bonchev–Trinajstić information content (AvgIpc) is 3.12. The lowest BCUT2D eigenvalue weighted by atomic mass is 10.0. The van der Waals surface area contributed by atoms with E-state index in [0.29, 0.717) is 17.8 Å². The van der Waals surface area contributed by atoms with E-state index in [0.717, 1.165) is 16.6 Å². The van der Waals surface area contributed by atoms with Gasteiger partial charge in [-0.1, -0.05) is 22.0 Å². The van der Waals surface area contributed by atoms with Gasteiger partial charge in [-0.15, -0.1) is 0 Å². The highest BCUT2D eigenvalue weighted by Gasteiger charge is 2.37. The summed E-state index contributed by atoms with van der Waals surface area (Å²) < 4.78 is 57.9. The highest BCUT2D eigenvalue weighted by Crippen LogP contribution is 2.37. The van der Waals surface area contributed by atoms with Gasteiger partial charge in [-0.3, -0.25) is 0 Å². The van der Waals surface area contributed by atoms with Crippen molar-refractivity contribution in [1.29, 1.82) is 0 Å². The fourth-order valence-corrected chi connectivity index (χ4v) is 5.23. The quantitative estimate of drug-likeness (QED) is 0.593. The van der Waals surface area contributed by atoms with Gasteiger partial charge in [0, 0.05) is 29.5 Å². The highest BCUT2D eigenvalue weighted by atomic mass is 79.9. The predicted molar refractivity (Wildman–Crippen MR) is 101 cm³/mol. The van der Waals surface area contributed by atoms with Gasteiger partial charge in [0.2, 0.25) is 10.0 Å². The molecule has 1 aliphatic heterocycles. The van der Waals surface area contributed by atoms with Crippen LogP contribution in [0.2, 0.25) is 0 Å². The summed E-state index contributed by atoms with van der Waals surface area (Å²) in [6.45, 7) is 0.710. The Balaban J connectivity index is 1.85. The average molecular weight is 453 g/mol. The lowest BCUT2D eigenvalue weighted by Crippen LogP contribution is -2.42. The molecule has 3 aromatic rings. The second-order valence-corrected chi connectivity index (χ2v) is 9.08. The van der Waals surface area contributed by atoms with Crippen LogP contribution in [0.25, 0.3) is 0 Å². The van der Waals surface area contributed by atoms with Crippen molar-refractivity contribution in [1.82, 2.24) is 8.87 Å². The van der Waals surface area contributed by atoms with Gasteiger partial charge in [0.25, 0.3) is 0 Å². The maximum Gasteiger partial charge on any atom is 0.244 e. The summed E-state index contributed by atoms with van der Waals surface area (Å²) in [5.74, 6) is -1.97. The second kappa shape index (κ2) is 6.85. The van der Waals surface area contributed by atoms with Crippen LogP contribution in [0.1, 0.15) is 17.3 Å². The molecule has 0 radical (unpaired) electrons. The molecule has 0 aliphatic carbocycles. The number of halogens is 3. The Morgan fingerprint density at radius 2 is 1.70 bits per heavy atom. The second-order valence-electron chi connectivity index (χ2n) is 6.27. The molecule has 2 aromatic carbocycles. The maximum atomic E-state index is 13.9. The molecule has 0 fully saturated rings. The van der Waals surface area contributed by atoms with E-state index in [2.05, 4.69) is 15.9 Å². The number of fused-ring (bicyclic) bond motifs is 1. The van der Waals surface area contributed by atoms with Crippen LogP contribution < -0.4 is 0 Å². The Bertz CT molecular complexity index is 1100. The first-order valence-electron chi connectivity index (χ1n) is 8.25.